The Balaban J connectivity index is 1.92. The van der Waals surface area contributed by atoms with Crippen molar-refractivity contribution in [2.24, 2.45) is 12.0 Å². The Morgan fingerprint density at radius 2 is 2.33 bits per heavy atom. The third-order valence-electron chi connectivity index (χ3n) is 3.41. The molecule has 0 saturated carbocycles. The molecular weight excluding hydrogens is 266 g/mol. The molecular formula is C15H23N5O. The monoisotopic (exact) mass is 289 g/mol. The van der Waals surface area contributed by atoms with Crippen LogP contribution in [0.25, 0.3) is 0 Å². The van der Waals surface area contributed by atoms with Crippen LogP contribution in [0.1, 0.15) is 24.1 Å². The molecule has 1 N–H and O–H groups in total. The summed E-state index contributed by atoms with van der Waals surface area (Å²) in [6, 6.07) is 6.12. The van der Waals surface area contributed by atoms with Crippen LogP contribution in [0.2, 0.25) is 0 Å². The van der Waals surface area contributed by atoms with Crippen molar-refractivity contribution >= 4 is 5.96 Å². The summed E-state index contributed by atoms with van der Waals surface area (Å²) in [6.07, 6.45) is 2.92. The Bertz CT molecular complexity index is 599. The average molecular weight is 289 g/mol. The second-order valence-electron chi connectivity index (χ2n) is 5.01. The standard InChI is InChI=1S/C15H23N5O/c1-5-12-9-14(21-18-12)10-17-15(16-2)20(4)11-13-7-6-8-19(13)3/h6-9H,5,10-11H2,1-4H3,(H,16,17). The van der Waals surface area contributed by atoms with Gasteiger partial charge < -0.3 is 19.3 Å². The number of guanidine groups is 1. The maximum Gasteiger partial charge on any atom is 0.194 e. The van der Waals surface area contributed by atoms with Gasteiger partial charge in [0.05, 0.1) is 18.8 Å². The van der Waals surface area contributed by atoms with E-state index in [0.717, 1.165) is 30.4 Å². The molecule has 2 heterocycles. The van der Waals surface area contributed by atoms with Gasteiger partial charge in [-0.2, -0.15) is 0 Å². The van der Waals surface area contributed by atoms with Gasteiger partial charge in [0, 0.05) is 39.1 Å². The second-order valence-corrected chi connectivity index (χ2v) is 5.01. The summed E-state index contributed by atoms with van der Waals surface area (Å²) in [6.45, 7) is 3.43. The molecule has 2 rings (SSSR count). The maximum atomic E-state index is 5.27. The highest BCUT2D eigenvalue weighted by atomic mass is 16.5. The van der Waals surface area contributed by atoms with E-state index in [0.29, 0.717) is 6.54 Å². The van der Waals surface area contributed by atoms with Crippen LogP contribution in [0.5, 0.6) is 0 Å². The minimum atomic E-state index is 0.581. The number of hydrogen-bond donors (Lipinski definition) is 1. The number of hydrogen-bond acceptors (Lipinski definition) is 3. The number of aromatic nitrogens is 2. The van der Waals surface area contributed by atoms with Crippen LogP contribution >= 0.6 is 0 Å². The van der Waals surface area contributed by atoms with Crippen molar-refractivity contribution in [1.29, 1.82) is 0 Å². The molecule has 6 nitrogen and oxygen atoms in total. The van der Waals surface area contributed by atoms with Crippen molar-refractivity contribution in [2.75, 3.05) is 14.1 Å². The lowest BCUT2D eigenvalue weighted by Gasteiger charge is -2.21. The zero-order chi connectivity index (χ0) is 15.2. The third kappa shape index (κ3) is 3.87. The van der Waals surface area contributed by atoms with Crippen LogP contribution in [-0.2, 0) is 26.6 Å². The van der Waals surface area contributed by atoms with Gasteiger partial charge in [-0.1, -0.05) is 12.1 Å². The molecule has 0 aromatic carbocycles. The molecule has 0 unspecified atom stereocenters. The van der Waals surface area contributed by atoms with Gasteiger partial charge in [-0.3, -0.25) is 4.99 Å². The molecule has 6 heteroatoms. The van der Waals surface area contributed by atoms with Crippen molar-refractivity contribution in [2.45, 2.75) is 26.4 Å². The van der Waals surface area contributed by atoms with Gasteiger partial charge in [0.2, 0.25) is 0 Å². The lowest BCUT2D eigenvalue weighted by molar-refractivity contribution is 0.371. The van der Waals surface area contributed by atoms with E-state index in [1.807, 2.05) is 32.4 Å². The summed E-state index contributed by atoms with van der Waals surface area (Å²) in [4.78, 5) is 6.38. The SMILES string of the molecule is CCc1cc(CNC(=NC)N(C)Cc2cccn2C)on1. The summed E-state index contributed by atoms with van der Waals surface area (Å²) in [5.74, 6) is 1.64. The summed E-state index contributed by atoms with van der Waals surface area (Å²) >= 11 is 0. The molecule has 0 spiro atoms. The number of aryl methyl sites for hydroxylation is 2. The number of nitrogens with zero attached hydrogens (tertiary/aromatic N) is 4. The van der Waals surface area contributed by atoms with Crippen molar-refractivity contribution in [3.05, 3.63) is 41.5 Å². The molecule has 0 amide bonds. The summed E-state index contributed by atoms with van der Waals surface area (Å²) in [7, 11) is 5.84. The van der Waals surface area contributed by atoms with Crippen LogP contribution in [0, 0.1) is 0 Å². The smallest absolute Gasteiger partial charge is 0.194 e. The highest BCUT2D eigenvalue weighted by Gasteiger charge is 2.09. The fraction of sp³-hybridized carbons (Fsp3) is 0.467. The average Bonchev–Trinajstić information content (AvgIpc) is 3.09. The van der Waals surface area contributed by atoms with Gasteiger partial charge >= 0.3 is 0 Å². The normalized spacial score (nSPS) is 11.7. The first-order valence-corrected chi connectivity index (χ1v) is 7.10. The van der Waals surface area contributed by atoms with Gasteiger partial charge in [0.25, 0.3) is 0 Å². The lowest BCUT2D eigenvalue weighted by atomic mass is 10.3. The van der Waals surface area contributed by atoms with E-state index in [9.17, 15) is 0 Å². The quantitative estimate of drug-likeness (QED) is 0.673. The van der Waals surface area contributed by atoms with Crippen LogP contribution in [-0.4, -0.2) is 34.7 Å². The van der Waals surface area contributed by atoms with E-state index in [2.05, 4.69) is 37.9 Å². The van der Waals surface area contributed by atoms with E-state index in [4.69, 9.17) is 4.52 Å². The van der Waals surface area contributed by atoms with Gasteiger partial charge in [-0.15, -0.1) is 0 Å². The van der Waals surface area contributed by atoms with Crippen molar-refractivity contribution < 1.29 is 4.52 Å². The number of nitrogens with one attached hydrogen (secondary N) is 1. The fourth-order valence-corrected chi connectivity index (χ4v) is 2.14. The minimum Gasteiger partial charge on any atom is -0.359 e. The van der Waals surface area contributed by atoms with E-state index in [1.165, 1.54) is 5.69 Å². The zero-order valence-corrected chi connectivity index (χ0v) is 13.1. The van der Waals surface area contributed by atoms with Crippen molar-refractivity contribution in [1.82, 2.24) is 19.9 Å². The first-order chi connectivity index (χ1) is 10.1. The molecule has 0 atom stereocenters. The van der Waals surface area contributed by atoms with E-state index in [1.54, 1.807) is 7.05 Å². The van der Waals surface area contributed by atoms with Crippen molar-refractivity contribution in [3.63, 3.8) is 0 Å². The first-order valence-electron chi connectivity index (χ1n) is 7.10. The molecule has 0 radical (unpaired) electrons. The van der Waals surface area contributed by atoms with E-state index < -0.39 is 0 Å². The van der Waals surface area contributed by atoms with Gasteiger partial charge in [-0.25, -0.2) is 0 Å². The Kier molecular flexibility index (Phi) is 5.03. The van der Waals surface area contributed by atoms with Crippen LogP contribution in [0.15, 0.2) is 33.9 Å². The Morgan fingerprint density at radius 1 is 1.52 bits per heavy atom. The summed E-state index contributed by atoms with van der Waals surface area (Å²) < 4.78 is 7.37. The molecule has 0 fully saturated rings. The molecule has 0 aliphatic carbocycles. The predicted molar refractivity (Wildman–Crippen MR) is 83.0 cm³/mol. The number of rotatable bonds is 5. The van der Waals surface area contributed by atoms with Crippen LogP contribution in [0.3, 0.4) is 0 Å². The molecule has 0 aliphatic heterocycles. The van der Waals surface area contributed by atoms with Crippen LogP contribution < -0.4 is 5.32 Å². The van der Waals surface area contributed by atoms with Gasteiger partial charge in [-0.05, 0) is 18.6 Å². The highest BCUT2D eigenvalue weighted by Crippen LogP contribution is 2.06. The molecule has 21 heavy (non-hydrogen) atoms. The Hall–Kier alpha value is -2.24. The molecule has 0 aliphatic rings. The third-order valence-corrected chi connectivity index (χ3v) is 3.41. The Labute approximate surface area is 125 Å². The zero-order valence-electron chi connectivity index (χ0n) is 13.1. The minimum absolute atomic E-state index is 0.581. The summed E-state index contributed by atoms with van der Waals surface area (Å²) in [5.41, 5.74) is 2.20. The summed E-state index contributed by atoms with van der Waals surface area (Å²) in [5, 5.41) is 7.27. The molecule has 0 saturated heterocycles. The Morgan fingerprint density at radius 3 is 2.90 bits per heavy atom. The largest absolute Gasteiger partial charge is 0.359 e. The second kappa shape index (κ2) is 6.97. The van der Waals surface area contributed by atoms with E-state index >= 15 is 0 Å². The molecule has 0 bridgehead atoms. The lowest BCUT2D eigenvalue weighted by Crippen LogP contribution is -2.38. The van der Waals surface area contributed by atoms with Crippen molar-refractivity contribution in [3.8, 4) is 0 Å². The topological polar surface area (TPSA) is 58.6 Å². The van der Waals surface area contributed by atoms with Gasteiger partial charge in [0.1, 0.15) is 0 Å². The van der Waals surface area contributed by atoms with Gasteiger partial charge in [0.15, 0.2) is 11.7 Å². The molecule has 2 aromatic rings. The fourth-order valence-electron chi connectivity index (χ4n) is 2.14. The molecule has 2 aromatic heterocycles. The molecule has 114 valence electrons. The highest BCUT2D eigenvalue weighted by molar-refractivity contribution is 5.79. The van der Waals surface area contributed by atoms with Crippen LogP contribution in [0.4, 0.5) is 0 Å². The first kappa shape index (κ1) is 15.2. The predicted octanol–water partition coefficient (Wildman–Crippen LogP) is 1.78. The maximum absolute atomic E-state index is 5.27. The number of aliphatic imine (C=N–C) groups is 1. The van der Waals surface area contributed by atoms with E-state index in [-0.39, 0.29) is 0 Å².